The molecule has 0 aliphatic carbocycles. The summed E-state index contributed by atoms with van der Waals surface area (Å²) in [5.74, 6) is -1.48. The average Bonchev–Trinajstić information content (AvgIpc) is 2.76. The highest BCUT2D eigenvalue weighted by Gasteiger charge is 2.19. The van der Waals surface area contributed by atoms with Crippen LogP contribution < -0.4 is 0 Å². The fourth-order valence-electron chi connectivity index (χ4n) is 0.850. The summed E-state index contributed by atoms with van der Waals surface area (Å²) in [7, 11) is 2.39. The maximum Gasteiger partial charge on any atom is 0.345 e. The van der Waals surface area contributed by atoms with Crippen LogP contribution in [0.2, 0.25) is 0 Å². The lowest BCUT2D eigenvalue weighted by atomic mass is 10.2. The molecule has 6 heteroatoms. The van der Waals surface area contributed by atoms with Crippen LogP contribution in [0.15, 0.2) is 17.2 Å². The van der Waals surface area contributed by atoms with E-state index in [2.05, 4.69) is 14.5 Å². The van der Waals surface area contributed by atoms with E-state index in [1.54, 1.807) is 11.6 Å². The van der Waals surface area contributed by atoms with Crippen molar-refractivity contribution in [3.05, 3.63) is 22.2 Å². The second-order valence-electron chi connectivity index (χ2n) is 2.41. The van der Waals surface area contributed by atoms with E-state index in [4.69, 9.17) is 0 Å². The Morgan fingerprint density at radius 3 is 2.33 bits per heavy atom. The molecule has 0 unspecified atom stereocenters. The molecule has 0 spiro atoms. The first-order chi connectivity index (χ1) is 7.19. The van der Waals surface area contributed by atoms with Crippen molar-refractivity contribution in [1.82, 2.24) is 4.98 Å². The monoisotopic (exact) mass is 227 g/mol. The van der Waals surface area contributed by atoms with E-state index < -0.39 is 11.9 Å². The molecule has 0 bridgehead atoms. The number of nitrogens with zero attached hydrogens (tertiary/aromatic N) is 1. The molecule has 0 saturated heterocycles. The number of ether oxygens (including phenoxy) is 2. The molecule has 1 aromatic rings. The minimum absolute atomic E-state index is 0.171. The van der Waals surface area contributed by atoms with Crippen molar-refractivity contribution < 1.29 is 19.1 Å². The Labute approximate surface area is 90.3 Å². The van der Waals surface area contributed by atoms with Crippen molar-refractivity contribution in [2.75, 3.05) is 14.2 Å². The molecule has 5 nitrogen and oxygen atoms in total. The van der Waals surface area contributed by atoms with Crippen LogP contribution in [0.5, 0.6) is 0 Å². The van der Waals surface area contributed by atoms with Crippen LogP contribution in [0.4, 0.5) is 0 Å². The normalized spacial score (nSPS) is 9.20. The first-order valence-electron chi connectivity index (χ1n) is 3.97. The smallest absolute Gasteiger partial charge is 0.345 e. The molecule has 0 radical (unpaired) electrons. The number of hydrogen-bond acceptors (Lipinski definition) is 6. The molecular formula is C9H9NO4S. The Morgan fingerprint density at radius 2 is 1.93 bits per heavy atom. The van der Waals surface area contributed by atoms with Gasteiger partial charge in [-0.25, -0.2) is 14.6 Å². The minimum atomic E-state index is -0.739. The van der Waals surface area contributed by atoms with Gasteiger partial charge in [-0.2, -0.15) is 0 Å². The number of hydrogen-bond donors (Lipinski definition) is 0. The molecular weight excluding hydrogens is 218 g/mol. The summed E-state index contributed by atoms with van der Waals surface area (Å²) in [4.78, 5) is 26.4. The number of thiazole rings is 1. The lowest BCUT2D eigenvalue weighted by Crippen LogP contribution is -2.15. The molecule has 1 aromatic heterocycles. The zero-order valence-electron chi connectivity index (χ0n) is 8.22. The van der Waals surface area contributed by atoms with Crippen LogP contribution in [0.3, 0.4) is 0 Å². The average molecular weight is 227 g/mol. The molecule has 0 fully saturated rings. The maximum absolute atomic E-state index is 11.2. The lowest BCUT2D eigenvalue weighted by Gasteiger charge is -2.01. The van der Waals surface area contributed by atoms with Crippen molar-refractivity contribution in [2.24, 2.45) is 0 Å². The second-order valence-corrected chi connectivity index (χ2v) is 3.34. The van der Waals surface area contributed by atoms with Crippen LogP contribution >= 0.6 is 11.3 Å². The summed E-state index contributed by atoms with van der Waals surface area (Å²) in [5, 5.41) is 2.28. The van der Waals surface area contributed by atoms with Gasteiger partial charge in [0.1, 0.15) is 10.6 Å². The van der Waals surface area contributed by atoms with Crippen LogP contribution in [0.25, 0.3) is 6.08 Å². The van der Waals surface area contributed by atoms with Crippen molar-refractivity contribution in [3.63, 3.8) is 0 Å². The summed E-state index contributed by atoms with van der Waals surface area (Å²) in [5.41, 5.74) is -0.171. The number of esters is 2. The molecule has 0 aromatic carbocycles. The van der Waals surface area contributed by atoms with Gasteiger partial charge in [0, 0.05) is 11.6 Å². The fraction of sp³-hybridized carbons (Fsp3) is 0.222. The maximum atomic E-state index is 11.2. The highest BCUT2D eigenvalue weighted by molar-refractivity contribution is 7.10. The van der Waals surface area contributed by atoms with E-state index in [9.17, 15) is 9.59 Å². The summed E-state index contributed by atoms with van der Waals surface area (Å²) < 4.78 is 8.91. The van der Waals surface area contributed by atoms with Gasteiger partial charge >= 0.3 is 11.9 Å². The standard InChI is InChI=1S/C9H9NO4S/c1-13-8(11)6(9(12)14-2)5-7-10-3-4-15-7/h3-5H,1-2H3. The quantitative estimate of drug-likeness (QED) is 0.332. The third-order valence-corrected chi connectivity index (χ3v) is 2.25. The Balaban J connectivity index is 3.00. The number of rotatable bonds is 3. The van der Waals surface area contributed by atoms with Crippen molar-refractivity contribution >= 4 is 29.4 Å². The molecule has 1 heterocycles. The molecule has 80 valence electrons. The Hall–Kier alpha value is -1.69. The van der Waals surface area contributed by atoms with Gasteiger partial charge in [-0.1, -0.05) is 0 Å². The fourth-order valence-corrected chi connectivity index (χ4v) is 1.42. The van der Waals surface area contributed by atoms with Gasteiger partial charge in [0.2, 0.25) is 0 Å². The molecule has 0 saturated carbocycles. The van der Waals surface area contributed by atoms with E-state index in [0.717, 1.165) is 0 Å². The lowest BCUT2D eigenvalue weighted by molar-refractivity contribution is -0.143. The van der Waals surface area contributed by atoms with E-state index in [1.165, 1.54) is 31.6 Å². The summed E-state index contributed by atoms with van der Waals surface area (Å²) >= 11 is 1.30. The summed E-state index contributed by atoms with van der Waals surface area (Å²) in [6.07, 6.45) is 2.91. The largest absolute Gasteiger partial charge is 0.465 e. The van der Waals surface area contributed by atoms with Gasteiger partial charge < -0.3 is 9.47 Å². The number of methoxy groups -OCH3 is 2. The zero-order chi connectivity index (χ0) is 11.3. The van der Waals surface area contributed by atoms with Crippen molar-refractivity contribution in [3.8, 4) is 0 Å². The van der Waals surface area contributed by atoms with Crippen LogP contribution in [0, 0.1) is 0 Å². The topological polar surface area (TPSA) is 65.5 Å². The number of aromatic nitrogens is 1. The van der Waals surface area contributed by atoms with Gasteiger partial charge in [-0.15, -0.1) is 11.3 Å². The molecule has 0 amide bonds. The van der Waals surface area contributed by atoms with Gasteiger partial charge in [0.15, 0.2) is 0 Å². The Bertz CT molecular complexity index is 365. The van der Waals surface area contributed by atoms with Gasteiger partial charge in [-0.3, -0.25) is 0 Å². The summed E-state index contributed by atoms with van der Waals surface area (Å²) in [6, 6.07) is 0. The second kappa shape index (κ2) is 5.26. The number of carbonyl (C=O) groups excluding carboxylic acids is 2. The van der Waals surface area contributed by atoms with E-state index in [0.29, 0.717) is 5.01 Å². The Morgan fingerprint density at radius 1 is 1.33 bits per heavy atom. The third-order valence-electron chi connectivity index (χ3n) is 1.53. The highest BCUT2D eigenvalue weighted by Crippen LogP contribution is 2.11. The first-order valence-corrected chi connectivity index (χ1v) is 4.84. The predicted molar refractivity (Wildman–Crippen MR) is 54.1 cm³/mol. The highest BCUT2D eigenvalue weighted by atomic mass is 32.1. The van der Waals surface area contributed by atoms with Crippen LogP contribution in [0.1, 0.15) is 5.01 Å². The molecule has 0 atom stereocenters. The van der Waals surface area contributed by atoms with Crippen molar-refractivity contribution in [1.29, 1.82) is 0 Å². The molecule has 0 N–H and O–H groups in total. The third kappa shape index (κ3) is 2.88. The van der Waals surface area contributed by atoms with Crippen LogP contribution in [-0.4, -0.2) is 31.1 Å². The van der Waals surface area contributed by atoms with E-state index in [-0.39, 0.29) is 5.57 Å². The van der Waals surface area contributed by atoms with Gasteiger partial charge in [0.05, 0.1) is 14.2 Å². The molecule has 1 rings (SSSR count). The number of carbonyl (C=O) groups is 2. The van der Waals surface area contributed by atoms with Crippen LogP contribution in [-0.2, 0) is 19.1 Å². The SMILES string of the molecule is COC(=O)C(=Cc1nccs1)C(=O)OC. The van der Waals surface area contributed by atoms with Crippen molar-refractivity contribution in [2.45, 2.75) is 0 Å². The molecule has 0 aliphatic rings. The van der Waals surface area contributed by atoms with E-state index in [1.807, 2.05) is 0 Å². The zero-order valence-corrected chi connectivity index (χ0v) is 9.04. The molecule has 0 aliphatic heterocycles. The Kier molecular flexibility index (Phi) is 3.99. The molecule has 15 heavy (non-hydrogen) atoms. The predicted octanol–water partition coefficient (Wildman–Crippen LogP) is 0.872. The van der Waals surface area contributed by atoms with E-state index >= 15 is 0 Å². The minimum Gasteiger partial charge on any atom is -0.465 e. The van der Waals surface area contributed by atoms with Gasteiger partial charge in [-0.05, 0) is 6.08 Å². The first kappa shape index (κ1) is 11.4. The summed E-state index contributed by atoms with van der Waals surface area (Å²) in [6.45, 7) is 0. The van der Waals surface area contributed by atoms with Gasteiger partial charge in [0.25, 0.3) is 0 Å².